The van der Waals surface area contributed by atoms with Crippen LogP contribution < -0.4 is 10.8 Å². The van der Waals surface area contributed by atoms with E-state index in [1.54, 1.807) is 17.0 Å². The Morgan fingerprint density at radius 2 is 2.04 bits per heavy atom. The van der Waals surface area contributed by atoms with Crippen LogP contribution >= 0.6 is 11.6 Å². The largest absolute Gasteiger partial charge is 0.366 e. The number of nitrogens with one attached hydrogen (secondary N) is 2. The van der Waals surface area contributed by atoms with E-state index in [1.165, 1.54) is 0 Å². The number of aromatic nitrogens is 5. The minimum absolute atomic E-state index is 0.510. The quantitative estimate of drug-likeness (QED) is 0.466. The van der Waals surface area contributed by atoms with Gasteiger partial charge in [-0.05, 0) is 29.2 Å². The molecule has 0 aliphatic heterocycles. The van der Waals surface area contributed by atoms with Crippen LogP contribution in [0, 0.1) is 0 Å². The summed E-state index contributed by atoms with van der Waals surface area (Å²) in [5.74, 6) is 0.779. The van der Waals surface area contributed by atoms with Gasteiger partial charge in [-0.2, -0.15) is 9.61 Å². The molecule has 0 amide bonds. The number of fused-ring (bicyclic) bond motifs is 2. The minimum Gasteiger partial charge on any atom is -0.366 e. The third kappa shape index (κ3) is 2.90. The lowest BCUT2D eigenvalue weighted by atomic mass is 10.0. The third-order valence-electron chi connectivity index (χ3n) is 4.61. The van der Waals surface area contributed by atoms with Gasteiger partial charge >= 0.3 is 0 Å². The molecule has 0 unspecified atom stereocenters. The summed E-state index contributed by atoms with van der Waals surface area (Å²) in [6, 6.07) is 15.6. The number of hydrogen-bond acceptors (Lipinski definition) is 4. The average Bonchev–Trinajstić information content (AvgIpc) is 3.33. The highest BCUT2D eigenvalue weighted by Crippen LogP contribution is 2.28. The summed E-state index contributed by atoms with van der Waals surface area (Å²) in [7, 11) is 6.07. The maximum Gasteiger partial charge on any atom is 0.150 e. The fourth-order valence-electron chi connectivity index (χ4n) is 3.20. The van der Waals surface area contributed by atoms with Crippen molar-refractivity contribution in [2.45, 2.75) is 6.54 Å². The van der Waals surface area contributed by atoms with E-state index >= 15 is 0 Å². The Labute approximate surface area is 167 Å². The van der Waals surface area contributed by atoms with Gasteiger partial charge in [0.2, 0.25) is 0 Å². The van der Waals surface area contributed by atoms with Gasteiger partial charge in [0.15, 0.2) is 5.65 Å². The first-order valence-electron chi connectivity index (χ1n) is 8.74. The van der Waals surface area contributed by atoms with Crippen LogP contribution in [0.1, 0.15) is 5.56 Å². The summed E-state index contributed by atoms with van der Waals surface area (Å²) in [6.45, 7) is 0.607. The number of benzene rings is 2. The van der Waals surface area contributed by atoms with Crippen LogP contribution in [0.15, 0.2) is 61.1 Å². The van der Waals surface area contributed by atoms with Crippen molar-refractivity contribution >= 4 is 47.4 Å². The van der Waals surface area contributed by atoms with Gasteiger partial charge in [0.05, 0.1) is 23.1 Å². The number of halogens is 1. The molecule has 28 heavy (non-hydrogen) atoms. The smallest absolute Gasteiger partial charge is 0.150 e. The number of rotatable bonds is 4. The molecule has 2 N–H and O–H groups in total. The number of hydrogen-bond donors (Lipinski definition) is 2. The van der Waals surface area contributed by atoms with Crippen molar-refractivity contribution in [3.63, 3.8) is 0 Å². The van der Waals surface area contributed by atoms with Crippen molar-refractivity contribution < 1.29 is 0 Å². The summed E-state index contributed by atoms with van der Waals surface area (Å²) < 4.78 is 1.70. The molecule has 0 saturated carbocycles. The molecule has 5 rings (SSSR count). The number of aromatic amines is 1. The number of H-pyrrole nitrogens is 1. The van der Waals surface area contributed by atoms with E-state index < -0.39 is 0 Å². The summed E-state index contributed by atoms with van der Waals surface area (Å²) >= 11 is 6.37. The third-order valence-corrected chi connectivity index (χ3v) is 4.94. The molecule has 0 spiro atoms. The maximum atomic E-state index is 6.37. The summed E-state index contributed by atoms with van der Waals surface area (Å²) in [4.78, 5) is 12.0. The fraction of sp³-hybridized carbons (Fsp3) is 0.0500. The van der Waals surface area contributed by atoms with E-state index in [0.29, 0.717) is 22.7 Å². The van der Waals surface area contributed by atoms with E-state index in [2.05, 4.69) is 31.4 Å². The molecular formula is C20H14BClN6. The standard InChI is InChI=1S/C20H14BClN6/c21-14-10-26-28-19(23-9-12-5-6-16-18(7-12)25-11-24-16)8-17(27-20(14)28)13-3-1-2-4-15(13)22/h1-8,10-11,23H,9H2,(H,24,25). The van der Waals surface area contributed by atoms with Crippen LogP contribution in [0.4, 0.5) is 5.82 Å². The van der Waals surface area contributed by atoms with E-state index in [4.69, 9.17) is 19.4 Å². The van der Waals surface area contributed by atoms with Gasteiger partial charge in [0.25, 0.3) is 0 Å². The highest BCUT2D eigenvalue weighted by molar-refractivity contribution is 6.36. The first-order valence-corrected chi connectivity index (χ1v) is 9.12. The fourth-order valence-corrected chi connectivity index (χ4v) is 3.43. The Hall–Kier alpha value is -3.32. The molecule has 0 aliphatic rings. The lowest BCUT2D eigenvalue weighted by Crippen LogP contribution is -2.09. The van der Waals surface area contributed by atoms with Gasteiger partial charge in [-0.3, -0.25) is 0 Å². The van der Waals surface area contributed by atoms with Crippen molar-refractivity contribution in [2.75, 3.05) is 5.32 Å². The minimum atomic E-state index is 0.510. The van der Waals surface area contributed by atoms with Crippen LogP contribution in [0.5, 0.6) is 0 Å². The number of nitrogens with zero attached hydrogens (tertiary/aromatic N) is 4. The normalized spacial score (nSPS) is 11.3. The second-order valence-corrected chi connectivity index (χ2v) is 6.86. The molecule has 0 fully saturated rings. The second kappa shape index (κ2) is 6.69. The van der Waals surface area contributed by atoms with E-state index in [1.807, 2.05) is 42.5 Å². The molecule has 0 atom stereocenters. The summed E-state index contributed by atoms with van der Waals surface area (Å²) in [5.41, 5.74) is 5.72. The maximum absolute atomic E-state index is 6.37. The highest BCUT2D eigenvalue weighted by Gasteiger charge is 2.12. The van der Waals surface area contributed by atoms with Crippen molar-refractivity contribution in [1.82, 2.24) is 24.6 Å². The van der Waals surface area contributed by atoms with Crippen molar-refractivity contribution in [1.29, 1.82) is 0 Å². The van der Waals surface area contributed by atoms with Gasteiger partial charge in [0, 0.05) is 29.4 Å². The zero-order valence-corrected chi connectivity index (χ0v) is 15.5. The van der Waals surface area contributed by atoms with Crippen molar-refractivity contribution in [2.24, 2.45) is 0 Å². The Bertz CT molecular complexity index is 1310. The molecule has 0 aliphatic carbocycles. The van der Waals surface area contributed by atoms with Crippen LogP contribution in [-0.4, -0.2) is 32.4 Å². The molecule has 8 heteroatoms. The van der Waals surface area contributed by atoms with Gasteiger partial charge in [-0.15, -0.1) is 0 Å². The molecule has 134 valence electrons. The van der Waals surface area contributed by atoms with Crippen molar-refractivity contribution in [3.05, 3.63) is 71.6 Å². The van der Waals surface area contributed by atoms with Crippen molar-refractivity contribution in [3.8, 4) is 11.3 Å². The van der Waals surface area contributed by atoms with E-state index in [-0.39, 0.29) is 0 Å². The zero-order valence-electron chi connectivity index (χ0n) is 14.7. The van der Waals surface area contributed by atoms with Gasteiger partial charge in [-0.1, -0.05) is 35.9 Å². The van der Waals surface area contributed by atoms with Gasteiger partial charge < -0.3 is 10.3 Å². The first-order chi connectivity index (χ1) is 13.7. The van der Waals surface area contributed by atoms with Crippen LogP contribution in [0.3, 0.4) is 0 Å². The monoisotopic (exact) mass is 384 g/mol. The van der Waals surface area contributed by atoms with Crippen LogP contribution in [-0.2, 0) is 6.54 Å². The Balaban J connectivity index is 1.55. The second-order valence-electron chi connectivity index (χ2n) is 6.45. The van der Waals surface area contributed by atoms with Crippen LogP contribution in [0.25, 0.3) is 27.9 Å². The highest BCUT2D eigenvalue weighted by atomic mass is 35.5. The first kappa shape index (κ1) is 16.8. The lowest BCUT2D eigenvalue weighted by Gasteiger charge is -2.12. The van der Waals surface area contributed by atoms with Crippen LogP contribution in [0.2, 0.25) is 5.02 Å². The zero-order chi connectivity index (χ0) is 19.1. The lowest BCUT2D eigenvalue weighted by molar-refractivity contribution is 0.927. The molecule has 3 heterocycles. The van der Waals surface area contributed by atoms with E-state index in [9.17, 15) is 0 Å². The topological polar surface area (TPSA) is 70.9 Å². The molecule has 0 saturated heterocycles. The Morgan fingerprint density at radius 1 is 1.14 bits per heavy atom. The summed E-state index contributed by atoms with van der Waals surface area (Å²) in [6.07, 6.45) is 3.29. The molecular weight excluding hydrogens is 371 g/mol. The molecule has 0 bridgehead atoms. The number of imidazole rings is 1. The Morgan fingerprint density at radius 3 is 2.93 bits per heavy atom. The van der Waals surface area contributed by atoms with Gasteiger partial charge in [-0.25, -0.2) is 9.97 Å². The number of anilines is 1. The SMILES string of the molecule is [B]c1cnn2c(NCc3ccc4nc[nH]c4c3)cc(-c3ccccc3Cl)nc12. The molecule has 2 aromatic carbocycles. The van der Waals surface area contributed by atoms with E-state index in [0.717, 1.165) is 33.7 Å². The molecule has 3 aromatic heterocycles. The van der Waals surface area contributed by atoms with Gasteiger partial charge in [0.1, 0.15) is 13.7 Å². The summed E-state index contributed by atoms with van der Waals surface area (Å²) in [5, 5.41) is 8.41. The predicted molar refractivity (Wildman–Crippen MR) is 112 cm³/mol. The average molecular weight is 385 g/mol. The molecule has 2 radical (unpaired) electrons. The molecule has 5 aromatic rings. The molecule has 6 nitrogen and oxygen atoms in total. The Kier molecular flexibility index (Phi) is 4.02. The predicted octanol–water partition coefficient (Wildman–Crippen LogP) is 3.33.